The highest BCUT2D eigenvalue weighted by atomic mass is 35.5. The Hall–Kier alpha value is -2.03. The van der Waals surface area contributed by atoms with Gasteiger partial charge in [-0.2, -0.15) is 0 Å². The summed E-state index contributed by atoms with van der Waals surface area (Å²) in [5, 5.41) is 32.0. The number of rotatable bonds is 6. The summed E-state index contributed by atoms with van der Waals surface area (Å²) in [4.78, 5) is 8.26. The molecule has 0 bridgehead atoms. The third kappa shape index (κ3) is 3.89. The summed E-state index contributed by atoms with van der Waals surface area (Å²) in [6, 6.07) is 7.02. The molecule has 1 fully saturated rings. The molecule has 4 atom stereocenters. The fourth-order valence-corrected chi connectivity index (χ4v) is 3.88. The Morgan fingerprint density at radius 3 is 2.69 bits per heavy atom. The van der Waals surface area contributed by atoms with Crippen LogP contribution in [0.15, 0.2) is 40.4 Å². The molecular formula is C21H26ClN3O4. The molecule has 0 radical (unpaired) electrons. The number of ether oxygens (including phenoxy) is 1. The van der Waals surface area contributed by atoms with Crippen molar-refractivity contribution >= 4 is 29.8 Å². The van der Waals surface area contributed by atoms with Crippen LogP contribution in [0.5, 0.6) is 0 Å². The van der Waals surface area contributed by atoms with Crippen LogP contribution < -0.4 is 0 Å². The van der Waals surface area contributed by atoms with E-state index in [1.165, 1.54) is 0 Å². The zero-order valence-corrected chi connectivity index (χ0v) is 17.5. The second kappa shape index (κ2) is 8.38. The van der Waals surface area contributed by atoms with E-state index in [0.29, 0.717) is 22.8 Å². The van der Waals surface area contributed by atoms with Gasteiger partial charge in [-0.3, -0.25) is 4.99 Å². The van der Waals surface area contributed by atoms with E-state index in [1.807, 2.05) is 13.0 Å². The van der Waals surface area contributed by atoms with Crippen molar-refractivity contribution in [1.29, 1.82) is 0 Å². The minimum atomic E-state index is -1.52. The highest BCUT2D eigenvalue weighted by molar-refractivity contribution is 6.30. The van der Waals surface area contributed by atoms with Crippen LogP contribution in [0, 0.1) is 0 Å². The van der Waals surface area contributed by atoms with Gasteiger partial charge in [-0.25, -0.2) is 4.99 Å². The quantitative estimate of drug-likeness (QED) is 0.627. The largest absolute Gasteiger partial charge is 0.392 e. The Morgan fingerprint density at radius 1 is 1.34 bits per heavy atom. The first kappa shape index (κ1) is 21.7. The second-order valence-corrected chi connectivity index (χ2v) is 7.83. The molecule has 0 aliphatic carbocycles. The van der Waals surface area contributed by atoms with E-state index in [2.05, 4.69) is 16.7 Å². The molecule has 7 nitrogen and oxygen atoms in total. The number of aromatic nitrogens is 1. The molecule has 29 heavy (non-hydrogen) atoms. The number of hydrogen-bond donors (Lipinski definition) is 3. The van der Waals surface area contributed by atoms with Gasteiger partial charge in [-0.05, 0) is 49.9 Å². The maximum atomic E-state index is 11.0. The molecule has 8 heteroatoms. The summed E-state index contributed by atoms with van der Waals surface area (Å²) >= 11 is 6.01. The van der Waals surface area contributed by atoms with Gasteiger partial charge in [0.15, 0.2) is 6.23 Å². The van der Waals surface area contributed by atoms with Crippen molar-refractivity contribution in [1.82, 2.24) is 4.57 Å². The maximum Gasteiger partial charge on any atom is 0.164 e. The molecule has 3 rings (SSSR count). The summed E-state index contributed by atoms with van der Waals surface area (Å²) in [6.07, 6.45) is -0.718. The number of nitrogens with zero attached hydrogens (tertiary/aromatic N) is 3. The van der Waals surface area contributed by atoms with Crippen LogP contribution in [0.3, 0.4) is 0 Å². The number of aliphatic hydroxyl groups is 3. The fourth-order valence-electron chi connectivity index (χ4n) is 3.69. The normalized spacial score (nSPS) is 27.4. The first-order valence-electron chi connectivity index (χ1n) is 9.30. The Balaban J connectivity index is 1.94. The van der Waals surface area contributed by atoms with Crippen LogP contribution >= 0.6 is 11.6 Å². The first-order chi connectivity index (χ1) is 13.7. The van der Waals surface area contributed by atoms with Crippen LogP contribution in [0.4, 0.5) is 5.82 Å². The molecule has 0 unspecified atom stereocenters. The molecule has 0 saturated carbocycles. The lowest BCUT2D eigenvalue weighted by atomic mass is 9.89. The molecule has 2 aromatic rings. The van der Waals surface area contributed by atoms with Crippen LogP contribution in [-0.2, 0) is 17.8 Å². The fraction of sp³-hybridized carbons (Fsp3) is 0.429. The Kier molecular flexibility index (Phi) is 6.26. The predicted octanol–water partition coefficient (Wildman–Crippen LogP) is 2.66. The lowest BCUT2D eigenvalue weighted by Crippen LogP contribution is -2.45. The summed E-state index contributed by atoms with van der Waals surface area (Å²) in [5.74, 6) is 0.510. The minimum absolute atomic E-state index is 0.183. The average molecular weight is 420 g/mol. The van der Waals surface area contributed by atoms with E-state index in [1.54, 1.807) is 42.9 Å². The minimum Gasteiger partial charge on any atom is -0.392 e. The summed E-state index contributed by atoms with van der Waals surface area (Å²) in [5.41, 5.74) is 1.48. The Labute approximate surface area is 175 Å². The van der Waals surface area contributed by atoms with Gasteiger partial charge < -0.3 is 24.6 Å². The molecule has 0 spiro atoms. The molecular weight excluding hydrogens is 394 g/mol. The molecule has 3 N–H and O–H groups in total. The Morgan fingerprint density at radius 2 is 2.07 bits per heavy atom. The van der Waals surface area contributed by atoms with Gasteiger partial charge >= 0.3 is 0 Å². The zero-order chi connectivity index (χ0) is 21.3. The molecule has 0 amide bonds. The van der Waals surface area contributed by atoms with Gasteiger partial charge in [0.2, 0.25) is 0 Å². The number of aliphatic hydroxyl groups excluding tert-OH is 2. The Bertz CT molecular complexity index is 938. The van der Waals surface area contributed by atoms with Crippen LogP contribution in [0.2, 0.25) is 5.02 Å². The lowest BCUT2D eigenvalue weighted by molar-refractivity contribution is -0.0627. The number of aliphatic imine (C=N–C) groups is 2. The topological polar surface area (TPSA) is 99.6 Å². The average Bonchev–Trinajstić information content (AvgIpc) is 3.22. The molecule has 1 aromatic heterocycles. The van der Waals surface area contributed by atoms with Gasteiger partial charge in [0.05, 0.1) is 12.7 Å². The third-order valence-electron chi connectivity index (χ3n) is 5.60. The molecule has 1 saturated heterocycles. The number of benzene rings is 1. The van der Waals surface area contributed by atoms with Crippen molar-refractivity contribution in [2.24, 2.45) is 9.98 Å². The van der Waals surface area contributed by atoms with Crippen molar-refractivity contribution in [3.63, 3.8) is 0 Å². The van der Waals surface area contributed by atoms with E-state index in [9.17, 15) is 15.3 Å². The molecule has 1 aromatic carbocycles. The van der Waals surface area contributed by atoms with Gasteiger partial charge in [0.25, 0.3) is 0 Å². The van der Waals surface area contributed by atoms with E-state index in [-0.39, 0.29) is 6.61 Å². The number of halogens is 1. The van der Waals surface area contributed by atoms with E-state index < -0.39 is 24.0 Å². The van der Waals surface area contributed by atoms with Gasteiger partial charge in [0, 0.05) is 36.0 Å². The SMILES string of the molecule is C=Nc1c(C(C)=NC)ccn1[C@@H]1O[C@H](Cc2ccc(Cl)cc2CO)[C@@](C)(O)[C@H]1O. The molecule has 2 heterocycles. The van der Waals surface area contributed by atoms with E-state index >= 15 is 0 Å². The van der Waals surface area contributed by atoms with E-state index in [0.717, 1.165) is 16.8 Å². The number of hydrogen-bond acceptors (Lipinski definition) is 6. The van der Waals surface area contributed by atoms with Crippen LogP contribution in [0.1, 0.15) is 36.8 Å². The summed E-state index contributed by atoms with van der Waals surface area (Å²) in [7, 11) is 1.69. The second-order valence-electron chi connectivity index (χ2n) is 7.39. The molecule has 1 aliphatic heterocycles. The summed E-state index contributed by atoms with van der Waals surface area (Å²) in [6.45, 7) is 6.84. The van der Waals surface area contributed by atoms with Crippen LogP contribution in [-0.4, -0.2) is 57.2 Å². The molecule has 1 aliphatic rings. The van der Waals surface area contributed by atoms with Crippen LogP contribution in [0.25, 0.3) is 0 Å². The highest BCUT2D eigenvalue weighted by Gasteiger charge is 2.53. The van der Waals surface area contributed by atoms with Crippen molar-refractivity contribution in [3.05, 3.63) is 52.2 Å². The van der Waals surface area contributed by atoms with Gasteiger partial charge in [0.1, 0.15) is 17.5 Å². The smallest absolute Gasteiger partial charge is 0.164 e. The highest BCUT2D eigenvalue weighted by Crippen LogP contribution is 2.41. The monoisotopic (exact) mass is 419 g/mol. The lowest BCUT2D eigenvalue weighted by Gasteiger charge is -2.27. The molecule has 156 valence electrons. The third-order valence-corrected chi connectivity index (χ3v) is 5.84. The summed E-state index contributed by atoms with van der Waals surface area (Å²) < 4.78 is 7.76. The zero-order valence-electron chi connectivity index (χ0n) is 16.7. The maximum absolute atomic E-state index is 11.0. The predicted molar refractivity (Wildman–Crippen MR) is 113 cm³/mol. The van der Waals surface area contributed by atoms with Crippen molar-refractivity contribution in [2.45, 2.75) is 50.9 Å². The van der Waals surface area contributed by atoms with Crippen molar-refractivity contribution in [3.8, 4) is 0 Å². The van der Waals surface area contributed by atoms with Crippen molar-refractivity contribution in [2.75, 3.05) is 7.05 Å². The first-order valence-corrected chi connectivity index (χ1v) is 9.67. The van der Waals surface area contributed by atoms with Gasteiger partial charge in [-0.15, -0.1) is 0 Å². The standard InChI is InChI=1S/C21H26ClN3O4/c1-12(23-3)16-7-8-25(19(16)24-4)20-18(27)21(2,28)17(29-20)10-13-5-6-15(22)9-14(13)11-26/h5-9,17-18,20,26-28H,4,10-11H2,1-3H3/t17-,18+,20-,21-/m1/s1. The van der Waals surface area contributed by atoms with Gasteiger partial charge in [-0.1, -0.05) is 17.7 Å². The van der Waals surface area contributed by atoms with E-state index in [4.69, 9.17) is 16.3 Å². The van der Waals surface area contributed by atoms with Crippen molar-refractivity contribution < 1.29 is 20.1 Å².